The number of aromatic nitrogens is 3. The molecular weight excluding hydrogens is 989 g/mol. The number of fused-ring (bicyclic) bond motifs is 3. The number of nitrogens with one attached hydrogen (secondary N) is 2. The number of aliphatic hydroxyl groups is 4. The van der Waals surface area contributed by atoms with E-state index in [1.807, 2.05) is 136 Å². The average molecular weight is 1060 g/mol. The number of rotatable bonds is 26. The Bertz CT molecular complexity index is 3080. The summed E-state index contributed by atoms with van der Waals surface area (Å²) in [6.45, 7) is 8.21. The lowest BCUT2D eigenvalue weighted by Gasteiger charge is -2.35. The third-order valence-electron chi connectivity index (χ3n) is 15.0. The molecule has 6 aromatic rings. The summed E-state index contributed by atoms with van der Waals surface area (Å²) in [5.74, 6) is -0.562. The van der Waals surface area contributed by atoms with Crippen molar-refractivity contribution in [2.75, 3.05) is 60.8 Å². The second-order valence-electron chi connectivity index (χ2n) is 20.2. The summed E-state index contributed by atoms with van der Waals surface area (Å²) < 4.78 is 13.5. The fourth-order valence-corrected chi connectivity index (χ4v) is 10.9. The number of ether oxygens (including phenoxy) is 2. The Morgan fingerprint density at radius 3 is 1.91 bits per heavy atom. The van der Waals surface area contributed by atoms with Crippen LogP contribution in [0.3, 0.4) is 0 Å². The van der Waals surface area contributed by atoms with Crippen molar-refractivity contribution in [3.63, 3.8) is 0 Å². The number of nitrogens with zero attached hydrogens (tertiary/aromatic N) is 6. The van der Waals surface area contributed by atoms with Gasteiger partial charge in [0.25, 0.3) is 5.91 Å². The van der Waals surface area contributed by atoms with E-state index in [0.717, 1.165) is 22.4 Å². The lowest BCUT2D eigenvalue weighted by molar-refractivity contribution is -0.139. The van der Waals surface area contributed by atoms with Gasteiger partial charge in [0.15, 0.2) is 5.60 Å². The first-order chi connectivity index (χ1) is 38.0. The fraction of sp³-hybridized carbons (Fsp3) is 0.393. The number of unbranched alkanes of at least 4 members (excludes halogenated alkanes) is 2. The second kappa shape index (κ2) is 25.5. The van der Waals surface area contributed by atoms with Gasteiger partial charge >= 0.3 is 0 Å². The van der Waals surface area contributed by atoms with Crippen LogP contribution in [-0.2, 0) is 45.9 Å². The molecule has 78 heavy (non-hydrogen) atoms. The molecule has 0 aliphatic carbocycles. The normalized spacial score (nSPS) is 18.8. The van der Waals surface area contributed by atoms with Gasteiger partial charge in [0.1, 0.15) is 11.5 Å². The minimum Gasteiger partial charge on any atom is -0.494 e. The highest BCUT2D eigenvalue weighted by Gasteiger charge is 2.53. The number of aryl methyl sites for hydroxylation is 1. The maximum atomic E-state index is 15.3. The lowest BCUT2D eigenvalue weighted by atomic mass is 9.82. The molecule has 17 nitrogen and oxygen atoms in total. The smallest absolute Gasteiger partial charge is 0.264 e. The first-order valence-corrected chi connectivity index (χ1v) is 27.4. The highest BCUT2D eigenvalue weighted by Crippen LogP contribution is 2.49. The number of amides is 3. The molecule has 1 aromatic heterocycles. The molecule has 4 heterocycles. The van der Waals surface area contributed by atoms with Crippen LogP contribution in [0.25, 0.3) is 0 Å². The molecule has 0 saturated heterocycles. The molecule has 3 aliphatic rings. The molecular formula is C61H72N8O9. The van der Waals surface area contributed by atoms with E-state index in [2.05, 4.69) is 20.9 Å². The molecule has 0 bridgehead atoms. The Morgan fingerprint density at radius 1 is 0.718 bits per heavy atom. The molecule has 3 amide bonds. The van der Waals surface area contributed by atoms with Crippen LogP contribution in [0.1, 0.15) is 92.3 Å². The van der Waals surface area contributed by atoms with Crippen molar-refractivity contribution in [3.8, 4) is 11.5 Å². The van der Waals surface area contributed by atoms with Crippen LogP contribution in [0.5, 0.6) is 11.5 Å². The van der Waals surface area contributed by atoms with E-state index < -0.39 is 29.5 Å². The summed E-state index contributed by atoms with van der Waals surface area (Å²) in [4.78, 5) is 49.5. The zero-order valence-electron chi connectivity index (χ0n) is 44.8. The number of aliphatic hydroxyl groups excluding tert-OH is 3. The van der Waals surface area contributed by atoms with Gasteiger partial charge in [-0.2, -0.15) is 0 Å². The van der Waals surface area contributed by atoms with Crippen molar-refractivity contribution in [2.24, 2.45) is 5.92 Å². The number of hydrogen-bond acceptors (Lipinski definition) is 13. The predicted octanol–water partition coefficient (Wildman–Crippen LogP) is 7.12. The average Bonchev–Trinajstić information content (AvgIpc) is 3.93. The Morgan fingerprint density at radius 2 is 1.32 bits per heavy atom. The molecule has 6 N–H and O–H groups in total. The van der Waals surface area contributed by atoms with E-state index in [0.29, 0.717) is 129 Å². The third kappa shape index (κ3) is 11.8. The van der Waals surface area contributed by atoms with Gasteiger partial charge in [-0.05, 0) is 161 Å². The zero-order chi connectivity index (χ0) is 54.8. The van der Waals surface area contributed by atoms with Gasteiger partial charge in [0.2, 0.25) is 11.8 Å². The van der Waals surface area contributed by atoms with E-state index in [-0.39, 0.29) is 44.1 Å². The summed E-state index contributed by atoms with van der Waals surface area (Å²) in [5, 5.41) is 57.9. The highest BCUT2D eigenvalue weighted by molar-refractivity contribution is 6.10. The van der Waals surface area contributed by atoms with Gasteiger partial charge in [-0.1, -0.05) is 66.8 Å². The molecule has 0 radical (unpaired) electrons. The van der Waals surface area contributed by atoms with Crippen LogP contribution in [0.4, 0.5) is 28.4 Å². The first-order valence-electron chi connectivity index (χ1n) is 27.4. The monoisotopic (exact) mass is 1060 g/mol. The Labute approximate surface area is 456 Å². The van der Waals surface area contributed by atoms with Crippen LogP contribution in [0.15, 0.2) is 128 Å². The zero-order valence-corrected chi connectivity index (χ0v) is 44.8. The standard InChI is InChI=1S/C61H72N8O9/c1-4-77-48-22-25-55-44(33-48)35-52(62-27-10-13-30-70)58(73)68(55)46-20-15-17-42(32-46)38-67-57-24-21-47(69-56-26-23-49(78-5-2)34-45(56)36-53(59(69)74)63-28-11-14-31-71)37-51(57)61(76,60(67)75)41(3)16-9-12-29-66-39-54(64-65-66)50(40-72)43-18-7-6-8-19-43/h6-9,15-26,32-34,37,39,41,50,52-53,62-63,70-72,76H,4-5,10-14,27-31,35-36,38,40H2,1-3H3/b16-9+/t41-,50?,52?,53?,61+/m1/s1. The van der Waals surface area contributed by atoms with E-state index in [1.165, 1.54) is 0 Å². The number of benzene rings is 5. The molecule has 0 spiro atoms. The third-order valence-corrected chi connectivity index (χ3v) is 15.0. The summed E-state index contributed by atoms with van der Waals surface area (Å²) in [7, 11) is 0. The van der Waals surface area contributed by atoms with Gasteiger partial charge in [-0.3, -0.25) is 28.9 Å². The maximum absolute atomic E-state index is 15.3. The quantitative estimate of drug-likeness (QED) is 0.0236. The van der Waals surface area contributed by atoms with Gasteiger partial charge in [0, 0.05) is 48.8 Å². The fourth-order valence-electron chi connectivity index (χ4n) is 10.9. The highest BCUT2D eigenvalue weighted by atomic mass is 16.5. The van der Waals surface area contributed by atoms with Crippen molar-refractivity contribution in [2.45, 2.75) is 102 Å². The van der Waals surface area contributed by atoms with Crippen molar-refractivity contribution in [3.05, 3.63) is 161 Å². The topological polar surface area (TPSA) is 215 Å². The molecule has 5 atom stereocenters. The molecule has 3 unspecified atom stereocenters. The number of hydrogen-bond donors (Lipinski definition) is 6. The van der Waals surface area contributed by atoms with Crippen LogP contribution in [0.2, 0.25) is 0 Å². The summed E-state index contributed by atoms with van der Waals surface area (Å²) in [5.41, 5.74) is 5.35. The Kier molecular flexibility index (Phi) is 18.1. The van der Waals surface area contributed by atoms with Crippen molar-refractivity contribution >= 4 is 46.2 Å². The van der Waals surface area contributed by atoms with Crippen molar-refractivity contribution in [1.29, 1.82) is 0 Å². The van der Waals surface area contributed by atoms with E-state index in [4.69, 9.17) is 9.47 Å². The van der Waals surface area contributed by atoms with Gasteiger partial charge in [-0.15, -0.1) is 5.10 Å². The van der Waals surface area contributed by atoms with E-state index in [9.17, 15) is 30.0 Å². The molecule has 0 saturated carbocycles. The van der Waals surface area contributed by atoms with Crippen LogP contribution >= 0.6 is 0 Å². The van der Waals surface area contributed by atoms with Crippen LogP contribution in [0, 0.1) is 5.92 Å². The predicted molar refractivity (Wildman–Crippen MR) is 299 cm³/mol. The van der Waals surface area contributed by atoms with E-state index >= 15 is 4.79 Å². The summed E-state index contributed by atoms with van der Waals surface area (Å²) in [6, 6.07) is 32.8. The number of carbonyl (C=O) groups excluding carboxylic acids is 3. The number of allylic oxidation sites excluding steroid dienone is 1. The molecule has 17 heteroatoms. The molecule has 9 rings (SSSR count). The minimum absolute atomic E-state index is 0.0523. The Hall–Kier alpha value is -7.25. The van der Waals surface area contributed by atoms with Crippen LogP contribution < -0.4 is 34.8 Å². The summed E-state index contributed by atoms with van der Waals surface area (Å²) >= 11 is 0. The minimum atomic E-state index is -2.08. The largest absolute Gasteiger partial charge is 0.494 e. The molecule has 3 aliphatic heterocycles. The second-order valence-corrected chi connectivity index (χ2v) is 20.2. The van der Waals surface area contributed by atoms with Crippen molar-refractivity contribution in [1.82, 2.24) is 25.6 Å². The molecule has 5 aromatic carbocycles. The molecule has 0 fully saturated rings. The first kappa shape index (κ1) is 55.5. The van der Waals surface area contributed by atoms with E-state index in [1.54, 1.807) is 31.5 Å². The van der Waals surface area contributed by atoms with Crippen molar-refractivity contribution < 1.29 is 44.3 Å². The SMILES string of the molecule is CCOc1ccc2c(c1)CC(NCCCCO)C(=O)N2c1cccc(CN2C(=O)[C@](O)([C@H](C)/C=C/CCn3cc(C(CO)c4ccccc4)nn3)c3cc(N4C(=O)C(NCCCCO)Cc5cc(OCC)ccc54)ccc32)c1. The molecule has 410 valence electrons. The van der Waals surface area contributed by atoms with Gasteiger partial charge in [0.05, 0.1) is 67.1 Å². The Balaban J connectivity index is 1.05. The number of anilines is 5. The summed E-state index contributed by atoms with van der Waals surface area (Å²) in [6.07, 6.45) is 9.56. The van der Waals surface area contributed by atoms with Crippen LogP contribution in [-0.4, -0.2) is 111 Å². The van der Waals surface area contributed by atoms with Gasteiger partial charge in [-0.25, -0.2) is 0 Å². The lowest BCUT2D eigenvalue weighted by Crippen LogP contribution is -2.49. The maximum Gasteiger partial charge on any atom is 0.264 e. The number of carbonyl (C=O) groups is 3. The van der Waals surface area contributed by atoms with Gasteiger partial charge < -0.3 is 45.4 Å².